The molecule has 16 heavy (non-hydrogen) atoms. The van der Waals surface area contributed by atoms with Gasteiger partial charge in [-0.2, -0.15) is 5.06 Å². The smallest absolute Gasteiger partial charge is 0.311 e. The highest BCUT2D eigenvalue weighted by Crippen LogP contribution is 2.30. The molecule has 2 saturated heterocycles. The fourth-order valence-corrected chi connectivity index (χ4v) is 2.58. The Bertz CT molecular complexity index is 399. The van der Waals surface area contributed by atoms with Crippen molar-refractivity contribution in [3.8, 4) is 0 Å². The third-order valence-electron chi connectivity index (χ3n) is 2.95. The molecule has 7 nitrogen and oxygen atoms in total. The van der Waals surface area contributed by atoms with Crippen molar-refractivity contribution in [2.45, 2.75) is 31.8 Å². The molecule has 0 unspecified atom stereocenters. The molecule has 2 fully saturated rings. The third-order valence-corrected chi connectivity index (χ3v) is 3.26. The maximum absolute atomic E-state index is 11.7. The Morgan fingerprint density at radius 3 is 2.69 bits per heavy atom. The molecule has 2 heterocycles. The van der Waals surface area contributed by atoms with E-state index in [1.54, 1.807) is 0 Å². The van der Waals surface area contributed by atoms with Gasteiger partial charge in [0.25, 0.3) is 11.0 Å². The molecule has 0 spiro atoms. The quantitative estimate of drug-likeness (QED) is 0.668. The first-order chi connectivity index (χ1) is 7.50. The zero-order valence-corrected chi connectivity index (χ0v) is 9.55. The van der Waals surface area contributed by atoms with Crippen molar-refractivity contribution in [1.82, 2.24) is 9.96 Å². The lowest BCUT2D eigenvalue weighted by molar-refractivity contribution is -0.121. The molecule has 0 aromatic rings. The molecule has 2 amide bonds. The van der Waals surface area contributed by atoms with Crippen LogP contribution in [0.2, 0.25) is 0 Å². The molecule has 0 aromatic carbocycles. The molecule has 0 aromatic heterocycles. The van der Waals surface area contributed by atoms with Crippen molar-refractivity contribution in [1.29, 1.82) is 0 Å². The van der Waals surface area contributed by atoms with E-state index < -0.39 is 23.1 Å². The fraction of sp³-hybridized carbons (Fsp3) is 0.750. The number of fused-ring (bicyclic) bond motifs is 2. The van der Waals surface area contributed by atoms with E-state index in [0.717, 1.165) is 5.06 Å². The van der Waals surface area contributed by atoms with Gasteiger partial charge in [0, 0.05) is 6.54 Å². The van der Waals surface area contributed by atoms with E-state index in [-0.39, 0.29) is 11.8 Å². The second-order valence-electron chi connectivity index (χ2n) is 3.92. The first-order valence-electron chi connectivity index (χ1n) is 4.93. The minimum atomic E-state index is -3.10. The van der Waals surface area contributed by atoms with Gasteiger partial charge >= 0.3 is 6.03 Å². The van der Waals surface area contributed by atoms with Gasteiger partial charge in [0.15, 0.2) is 5.78 Å². The Labute approximate surface area is 94.1 Å². The van der Waals surface area contributed by atoms with Crippen LogP contribution in [0.15, 0.2) is 0 Å². The molecule has 0 aliphatic carbocycles. The van der Waals surface area contributed by atoms with Gasteiger partial charge in [-0.05, 0) is 19.8 Å². The van der Waals surface area contributed by atoms with Crippen molar-refractivity contribution in [3.63, 3.8) is 0 Å². The highest BCUT2D eigenvalue weighted by molar-refractivity contribution is 7.67. The first kappa shape index (κ1) is 11.3. The van der Waals surface area contributed by atoms with Crippen LogP contribution in [-0.4, -0.2) is 48.8 Å². The van der Waals surface area contributed by atoms with Crippen LogP contribution < -0.4 is 0 Å². The standard InChI is InChI=1S/C8H12N2O5S/c1-5(11)7-3-2-6-4-9(7)8(12)10(6)15-16(13)14/h6-7,16H,2-4H2,1H3/t6-,7+/m1/s1. The van der Waals surface area contributed by atoms with Crippen LogP contribution in [-0.2, 0) is 20.1 Å². The SMILES string of the molecule is CC(=O)[C@@H]1CC[C@@H]2CN1C(=O)N2O[SH](=O)=O. The van der Waals surface area contributed by atoms with Gasteiger partial charge in [-0.25, -0.2) is 13.2 Å². The van der Waals surface area contributed by atoms with E-state index >= 15 is 0 Å². The minimum Gasteiger partial charge on any atom is -0.311 e. The summed E-state index contributed by atoms with van der Waals surface area (Å²) < 4.78 is 25.3. The number of rotatable bonds is 3. The highest BCUT2D eigenvalue weighted by atomic mass is 32.2. The summed E-state index contributed by atoms with van der Waals surface area (Å²) in [5, 5.41) is 0.856. The van der Waals surface area contributed by atoms with E-state index in [0.29, 0.717) is 19.4 Å². The van der Waals surface area contributed by atoms with Gasteiger partial charge in [0.2, 0.25) is 0 Å². The number of ketones is 1. The topological polar surface area (TPSA) is 84.0 Å². The first-order valence-corrected chi connectivity index (χ1v) is 6.03. The van der Waals surface area contributed by atoms with Crippen LogP contribution in [0.5, 0.6) is 0 Å². The average molecular weight is 248 g/mol. The van der Waals surface area contributed by atoms with E-state index in [4.69, 9.17) is 0 Å². The summed E-state index contributed by atoms with van der Waals surface area (Å²) in [4.78, 5) is 24.4. The minimum absolute atomic E-state index is 0.0832. The monoisotopic (exact) mass is 248 g/mol. The summed E-state index contributed by atoms with van der Waals surface area (Å²) >= 11 is 0. The molecule has 2 bridgehead atoms. The Kier molecular flexibility index (Phi) is 2.85. The number of piperidine rings is 1. The lowest BCUT2D eigenvalue weighted by Gasteiger charge is -2.28. The molecule has 0 saturated carbocycles. The number of hydrogen-bond acceptors (Lipinski definition) is 5. The van der Waals surface area contributed by atoms with Crippen molar-refractivity contribution < 1.29 is 22.3 Å². The molecule has 8 heteroatoms. The van der Waals surface area contributed by atoms with Gasteiger partial charge in [-0.1, -0.05) is 0 Å². The van der Waals surface area contributed by atoms with Crippen molar-refractivity contribution in [3.05, 3.63) is 0 Å². The number of hydrogen-bond donors (Lipinski definition) is 1. The number of urea groups is 1. The van der Waals surface area contributed by atoms with Gasteiger partial charge in [-0.3, -0.25) is 4.79 Å². The van der Waals surface area contributed by atoms with Crippen molar-refractivity contribution >= 4 is 22.8 Å². The highest BCUT2D eigenvalue weighted by Gasteiger charge is 2.47. The molecule has 0 N–H and O–H groups in total. The van der Waals surface area contributed by atoms with Crippen LogP contribution in [0.1, 0.15) is 19.8 Å². The fourth-order valence-electron chi connectivity index (χ4n) is 2.23. The van der Waals surface area contributed by atoms with E-state index in [1.807, 2.05) is 0 Å². The number of thiol groups is 1. The largest absolute Gasteiger partial charge is 0.346 e. The predicted octanol–water partition coefficient (Wildman–Crippen LogP) is -0.698. The maximum Gasteiger partial charge on any atom is 0.346 e. The molecule has 2 aliphatic heterocycles. The van der Waals surface area contributed by atoms with Gasteiger partial charge in [0.05, 0.1) is 12.1 Å². The van der Waals surface area contributed by atoms with Gasteiger partial charge in [-0.15, -0.1) is 4.28 Å². The summed E-state index contributed by atoms with van der Waals surface area (Å²) in [6.45, 7) is 1.78. The molecule has 0 radical (unpaired) electrons. The van der Waals surface area contributed by atoms with E-state index in [1.165, 1.54) is 11.8 Å². The Morgan fingerprint density at radius 2 is 2.12 bits per heavy atom. The lowest BCUT2D eigenvalue weighted by Crippen LogP contribution is -2.44. The Hall–Kier alpha value is -1.15. The summed E-state index contributed by atoms with van der Waals surface area (Å²) in [5.74, 6) is -0.0832. The van der Waals surface area contributed by atoms with Crippen LogP contribution in [0.25, 0.3) is 0 Å². The second kappa shape index (κ2) is 4.02. The van der Waals surface area contributed by atoms with Crippen molar-refractivity contribution in [2.75, 3.05) is 6.54 Å². The zero-order valence-electron chi connectivity index (χ0n) is 8.66. The summed E-state index contributed by atoms with van der Waals surface area (Å²) in [5.41, 5.74) is 0. The third kappa shape index (κ3) is 1.78. The summed E-state index contributed by atoms with van der Waals surface area (Å²) in [6.07, 6.45) is 1.14. The van der Waals surface area contributed by atoms with Crippen molar-refractivity contribution in [2.24, 2.45) is 0 Å². The molecule has 2 atom stereocenters. The number of carbonyl (C=O) groups is 2. The van der Waals surface area contributed by atoms with Gasteiger partial charge in [0.1, 0.15) is 0 Å². The van der Waals surface area contributed by atoms with Crippen LogP contribution in [0.3, 0.4) is 0 Å². The molecular formula is C8H12N2O5S. The van der Waals surface area contributed by atoms with Crippen LogP contribution in [0.4, 0.5) is 4.79 Å². The Balaban J connectivity index is 2.19. The Morgan fingerprint density at radius 1 is 1.44 bits per heavy atom. The molecule has 2 rings (SSSR count). The summed E-state index contributed by atoms with van der Waals surface area (Å²) in [6, 6.07) is -1.25. The summed E-state index contributed by atoms with van der Waals surface area (Å²) in [7, 11) is -3.10. The number of nitrogens with zero attached hydrogens (tertiary/aromatic N) is 2. The number of hydroxylamine groups is 2. The average Bonchev–Trinajstić information content (AvgIpc) is 2.43. The van der Waals surface area contributed by atoms with E-state index in [2.05, 4.69) is 4.28 Å². The maximum atomic E-state index is 11.7. The number of Topliss-reactive ketones (excluding diaryl/α,β-unsaturated/α-hetero) is 1. The van der Waals surface area contributed by atoms with Crippen LogP contribution in [0, 0.1) is 0 Å². The molecule has 2 aliphatic rings. The lowest BCUT2D eigenvalue weighted by atomic mass is 9.98. The van der Waals surface area contributed by atoms with Crippen LogP contribution >= 0.6 is 0 Å². The zero-order chi connectivity index (χ0) is 11.9. The predicted molar refractivity (Wildman–Crippen MR) is 52.8 cm³/mol. The number of carbonyl (C=O) groups excluding carboxylic acids is 2. The van der Waals surface area contributed by atoms with Gasteiger partial charge < -0.3 is 4.90 Å². The second-order valence-corrected chi connectivity index (χ2v) is 4.53. The van der Waals surface area contributed by atoms with E-state index in [9.17, 15) is 18.0 Å². The number of amides is 2. The molecule has 90 valence electrons. The normalized spacial score (nSPS) is 29.0. The molecular weight excluding hydrogens is 236 g/mol.